The van der Waals surface area contributed by atoms with Gasteiger partial charge in [-0.3, -0.25) is 0 Å². The molecule has 142 valence electrons. The van der Waals surface area contributed by atoms with Crippen molar-refractivity contribution in [3.05, 3.63) is 71.3 Å². The van der Waals surface area contributed by atoms with Crippen molar-refractivity contribution in [3.8, 4) is 0 Å². The van der Waals surface area contributed by atoms with Crippen LogP contribution >= 0.6 is 0 Å². The van der Waals surface area contributed by atoms with Crippen LogP contribution in [0.4, 0.5) is 19.3 Å². The Balaban J connectivity index is 1.91. The highest BCUT2D eigenvalue weighted by atomic mass is 19.2. The number of carbonyl (C=O) groups is 2. The van der Waals surface area contributed by atoms with Gasteiger partial charge in [0, 0.05) is 11.8 Å². The van der Waals surface area contributed by atoms with E-state index in [0.717, 1.165) is 17.7 Å². The van der Waals surface area contributed by atoms with Gasteiger partial charge in [-0.05, 0) is 55.3 Å². The predicted octanol–water partition coefficient (Wildman–Crippen LogP) is 4.42. The third-order valence-corrected chi connectivity index (χ3v) is 3.66. The highest BCUT2D eigenvalue weighted by molar-refractivity contribution is 5.90. The molecule has 2 amide bonds. The van der Waals surface area contributed by atoms with E-state index in [1.807, 2.05) is 0 Å². The molecule has 0 aliphatic rings. The van der Waals surface area contributed by atoms with Crippen LogP contribution in [0.2, 0.25) is 0 Å². The summed E-state index contributed by atoms with van der Waals surface area (Å²) in [7, 11) is 0. The summed E-state index contributed by atoms with van der Waals surface area (Å²) in [6.07, 6.45) is 2.93. The number of anilines is 1. The molecular weight excluding hydrogens is 354 g/mol. The summed E-state index contributed by atoms with van der Waals surface area (Å²) < 4.78 is 31.0. The van der Waals surface area contributed by atoms with Crippen molar-refractivity contribution in [1.82, 2.24) is 5.32 Å². The summed E-state index contributed by atoms with van der Waals surface area (Å²) in [5.41, 5.74) is 1.76. The van der Waals surface area contributed by atoms with Crippen molar-refractivity contribution >= 4 is 23.8 Å². The number of rotatable bonds is 6. The SMILES string of the molecule is CCOC(=O)/C=C/c1ccc(NC(=O)N[C@@H](C)c2ccc(F)c(F)c2)cc1. The van der Waals surface area contributed by atoms with Gasteiger partial charge in [0.25, 0.3) is 0 Å². The molecule has 0 aromatic heterocycles. The molecule has 0 unspecified atom stereocenters. The number of carbonyl (C=O) groups excluding carboxylic acids is 2. The molecule has 2 aromatic rings. The van der Waals surface area contributed by atoms with Crippen LogP contribution in [0.5, 0.6) is 0 Å². The number of ether oxygens (including phenoxy) is 1. The van der Waals surface area contributed by atoms with Crippen LogP contribution in [0.25, 0.3) is 6.08 Å². The van der Waals surface area contributed by atoms with Crippen molar-refractivity contribution in [1.29, 1.82) is 0 Å². The van der Waals surface area contributed by atoms with Gasteiger partial charge >= 0.3 is 12.0 Å². The smallest absolute Gasteiger partial charge is 0.330 e. The van der Waals surface area contributed by atoms with E-state index in [-0.39, 0.29) is 0 Å². The second-order valence-electron chi connectivity index (χ2n) is 5.70. The number of urea groups is 1. The van der Waals surface area contributed by atoms with Gasteiger partial charge in [0.05, 0.1) is 12.6 Å². The Labute approximate surface area is 156 Å². The van der Waals surface area contributed by atoms with Gasteiger partial charge in [-0.15, -0.1) is 0 Å². The van der Waals surface area contributed by atoms with Crippen LogP contribution in [0, 0.1) is 11.6 Å². The molecule has 7 heteroatoms. The van der Waals surface area contributed by atoms with E-state index in [4.69, 9.17) is 4.74 Å². The zero-order valence-electron chi connectivity index (χ0n) is 15.0. The van der Waals surface area contributed by atoms with Crippen LogP contribution in [0.3, 0.4) is 0 Å². The molecule has 2 N–H and O–H groups in total. The third-order valence-electron chi connectivity index (χ3n) is 3.66. The maximum atomic E-state index is 13.3. The first-order valence-corrected chi connectivity index (χ1v) is 8.36. The van der Waals surface area contributed by atoms with Crippen molar-refractivity contribution < 1.29 is 23.1 Å². The fourth-order valence-electron chi connectivity index (χ4n) is 2.26. The Morgan fingerprint density at radius 3 is 2.44 bits per heavy atom. The number of esters is 1. The maximum Gasteiger partial charge on any atom is 0.330 e. The molecule has 0 saturated heterocycles. The highest BCUT2D eigenvalue weighted by Crippen LogP contribution is 2.16. The molecule has 5 nitrogen and oxygen atoms in total. The summed E-state index contributed by atoms with van der Waals surface area (Å²) in [6, 6.07) is 9.28. The van der Waals surface area contributed by atoms with E-state index in [1.165, 1.54) is 12.1 Å². The number of benzene rings is 2. The van der Waals surface area contributed by atoms with Crippen molar-refractivity contribution in [2.75, 3.05) is 11.9 Å². The zero-order valence-corrected chi connectivity index (χ0v) is 15.0. The molecule has 0 heterocycles. The first kappa shape index (κ1) is 20.1. The van der Waals surface area contributed by atoms with Gasteiger partial charge in [0.15, 0.2) is 11.6 Å². The average Bonchev–Trinajstić information content (AvgIpc) is 2.63. The van der Waals surface area contributed by atoms with Crippen LogP contribution in [-0.2, 0) is 9.53 Å². The minimum absolute atomic E-state index is 0.310. The molecule has 0 fully saturated rings. The topological polar surface area (TPSA) is 67.4 Å². The zero-order chi connectivity index (χ0) is 19.8. The van der Waals surface area contributed by atoms with Crippen LogP contribution in [-0.4, -0.2) is 18.6 Å². The molecule has 0 spiro atoms. The Morgan fingerprint density at radius 2 is 1.81 bits per heavy atom. The van der Waals surface area contributed by atoms with Gasteiger partial charge in [0.2, 0.25) is 0 Å². The molecule has 0 radical (unpaired) electrons. The van der Waals surface area contributed by atoms with E-state index in [2.05, 4.69) is 10.6 Å². The monoisotopic (exact) mass is 374 g/mol. The summed E-state index contributed by atoms with van der Waals surface area (Å²) in [6.45, 7) is 3.70. The molecule has 2 rings (SSSR count). The number of hydrogen-bond donors (Lipinski definition) is 2. The molecule has 2 aromatic carbocycles. The number of nitrogens with one attached hydrogen (secondary N) is 2. The van der Waals surface area contributed by atoms with Gasteiger partial charge in [-0.2, -0.15) is 0 Å². The Hall–Kier alpha value is -3.22. The largest absolute Gasteiger partial charge is 0.463 e. The molecule has 0 bridgehead atoms. The molecule has 0 aliphatic carbocycles. The van der Waals surface area contributed by atoms with Gasteiger partial charge in [0.1, 0.15) is 0 Å². The summed E-state index contributed by atoms with van der Waals surface area (Å²) in [4.78, 5) is 23.3. The molecule has 1 atom stereocenters. The van der Waals surface area contributed by atoms with Crippen LogP contribution in [0.1, 0.15) is 31.0 Å². The molecule has 0 saturated carbocycles. The summed E-state index contributed by atoms with van der Waals surface area (Å²) >= 11 is 0. The molecule has 27 heavy (non-hydrogen) atoms. The molecular formula is C20H20F2N2O3. The predicted molar refractivity (Wildman–Crippen MR) is 99.0 cm³/mol. The van der Waals surface area contributed by atoms with Gasteiger partial charge in [-0.1, -0.05) is 18.2 Å². The summed E-state index contributed by atoms with van der Waals surface area (Å²) in [5.74, 6) is -2.33. The first-order valence-electron chi connectivity index (χ1n) is 8.36. The number of halogens is 2. The van der Waals surface area contributed by atoms with E-state index in [1.54, 1.807) is 44.2 Å². The lowest BCUT2D eigenvalue weighted by Crippen LogP contribution is -2.31. The van der Waals surface area contributed by atoms with Crippen molar-refractivity contribution in [2.24, 2.45) is 0 Å². The Kier molecular flexibility index (Phi) is 7.05. The second-order valence-corrected chi connectivity index (χ2v) is 5.70. The van der Waals surface area contributed by atoms with Gasteiger partial charge in [-0.25, -0.2) is 18.4 Å². The fourth-order valence-corrected chi connectivity index (χ4v) is 2.26. The van der Waals surface area contributed by atoms with Crippen molar-refractivity contribution in [3.63, 3.8) is 0 Å². The quantitative estimate of drug-likeness (QED) is 0.581. The first-order chi connectivity index (χ1) is 12.9. The van der Waals surface area contributed by atoms with Crippen LogP contribution < -0.4 is 10.6 Å². The van der Waals surface area contributed by atoms with E-state index in [0.29, 0.717) is 17.9 Å². The number of amides is 2. The Bertz CT molecular complexity index is 836. The van der Waals surface area contributed by atoms with E-state index >= 15 is 0 Å². The second kappa shape index (κ2) is 9.47. The third kappa shape index (κ3) is 6.22. The lowest BCUT2D eigenvalue weighted by atomic mass is 10.1. The lowest BCUT2D eigenvalue weighted by molar-refractivity contribution is -0.137. The Morgan fingerprint density at radius 1 is 1.11 bits per heavy atom. The number of hydrogen-bond acceptors (Lipinski definition) is 3. The minimum atomic E-state index is -0.965. The summed E-state index contributed by atoms with van der Waals surface area (Å²) in [5, 5.41) is 5.29. The highest BCUT2D eigenvalue weighted by Gasteiger charge is 2.12. The maximum absolute atomic E-state index is 13.3. The minimum Gasteiger partial charge on any atom is -0.463 e. The standard InChI is InChI=1S/C20H20F2N2O3/c1-3-27-19(25)11-6-14-4-8-16(9-5-14)24-20(26)23-13(2)15-7-10-17(21)18(22)12-15/h4-13H,3H2,1-2H3,(H2,23,24,26)/b11-6+/t13-/m0/s1. The fraction of sp³-hybridized carbons (Fsp3) is 0.200. The van der Waals surface area contributed by atoms with Crippen LogP contribution in [0.15, 0.2) is 48.5 Å². The van der Waals surface area contributed by atoms with E-state index in [9.17, 15) is 18.4 Å². The molecule has 0 aliphatic heterocycles. The average molecular weight is 374 g/mol. The van der Waals surface area contributed by atoms with Gasteiger partial charge < -0.3 is 15.4 Å². The van der Waals surface area contributed by atoms with Crippen molar-refractivity contribution in [2.45, 2.75) is 19.9 Å². The normalized spacial score (nSPS) is 11.9. The van der Waals surface area contributed by atoms with E-state index < -0.39 is 29.7 Å². The lowest BCUT2D eigenvalue weighted by Gasteiger charge is -2.15.